The third-order valence-electron chi connectivity index (χ3n) is 5.03. The maximum atomic E-state index is 12.4. The van der Waals surface area contributed by atoms with Crippen LogP contribution in [0.5, 0.6) is 0 Å². The number of hydrogen-bond donors (Lipinski definition) is 2. The van der Waals surface area contributed by atoms with E-state index in [2.05, 4.69) is 19.9 Å². The molecule has 0 aliphatic carbocycles. The summed E-state index contributed by atoms with van der Waals surface area (Å²) in [6.45, 7) is 2.20. The van der Waals surface area contributed by atoms with Crippen LogP contribution in [0.25, 0.3) is 22.5 Å². The van der Waals surface area contributed by atoms with Crippen LogP contribution in [0.2, 0.25) is 5.02 Å². The molecule has 0 saturated carbocycles. The van der Waals surface area contributed by atoms with E-state index in [1.807, 2.05) is 24.4 Å². The first kappa shape index (κ1) is 16.4. The van der Waals surface area contributed by atoms with E-state index < -0.39 is 0 Å². The number of fused-ring (bicyclic) bond motifs is 2. The predicted molar refractivity (Wildman–Crippen MR) is 104 cm³/mol. The number of aromatic amines is 2. The molecule has 0 amide bonds. The zero-order chi connectivity index (χ0) is 18.4. The van der Waals surface area contributed by atoms with Crippen LogP contribution in [0.4, 0.5) is 0 Å². The average Bonchev–Trinajstić information content (AvgIpc) is 3.32. The number of rotatable bonds is 3. The van der Waals surface area contributed by atoms with Crippen LogP contribution in [0.3, 0.4) is 0 Å². The summed E-state index contributed by atoms with van der Waals surface area (Å²) in [6, 6.07) is 9.43. The maximum absolute atomic E-state index is 12.4. The third-order valence-corrected chi connectivity index (χ3v) is 5.27. The highest BCUT2D eigenvalue weighted by atomic mass is 35.5. The van der Waals surface area contributed by atoms with Gasteiger partial charge >= 0.3 is 0 Å². The molecule has 1 aromatic carbocycles. The van der Waals surface area contributed by atoms with E-state index in [4.69, 9.17) is 16.0 Å². The first-order valence-electron chi connectivity index (χ1n) is 8.81. The van der Waals surface area contributed by atoms with E-state index in [0.717, 1.165) is 40.3 Å². The maximum Gasteiger partial charge on any atom is 0.254 e. The number of halogens is 1. The van der Waals surface area contributed by atoms with Crippen LogP contribution >= 0.6 is 11.6 Å². The van der Waals surface area contributed by atoms with E-state index in [0.29, 0.717) is 24.6 Å². The Bertz CT molecular complexity index is 1180. The second-order valence-corrected chi connectivity index (χ2v) is 7.22. The Labute approximate surface area is 159 Å². The Morgan fingerprint density at radius 1 is 1.30 bits per heavy atom. The number of benzene rings is 1. The number of nitrogens with one attached hydrogen (secondary N) is 2. The molecule has 0 spiro atoms. The molecule has 2 N–H and O–H groups in total. The van der Waals surface area contributed by atoms with Gasteiger partial charge in [0.25, 0.3) is 5.56 Å². The van der Waals surface area contributed by atoms with Gasteiger partial charge in [-0.05, 0) is 42.3 Å². The zero-order valence-corrected chi connectivity index (χ0v) is 15.2. The van der Waals surface area contributed by atoms with Crippen molar-refractivity contribution in [1.82, 2.24) is 19.9 Å². The number of hydrogen-bond acceptors (Lipinski definition) is 4. The summed E-state index contributed by atoms with van der Waals surface area (Å²) in [6.07, 6.45) is 4.28. The molecule has 1 aliphatic heterocycles. The highest BCUT2D eigenvalue weighted by Gasteiger charge is 2.22. The molecule has 136 valence electrons. The van der Waals surface area contributed by atoms with Gasteiger partial charge in [0.05, 0.1) is 12.0 Å². The van der Waals surface area contributed by atoms with Crippen molar-refractivity contribution < 1.29 is 4.42 Å². The minimum Gasteiger partial charge on any atom is -0.461 e. The molecule has 4 heterocycles. The Balaban J connectivity index is 1.45. The van der Waals surface area contributed by atoms with Crippen LogP contribution in [0, 0.1) is 0 Å². The second-order valence-electron chi connectivity index (χ2n) is 6.78. The smallest absolute Gasteiger partial charge is 0.254 e. The Kier molecular flexibility index (Phi) is 3.88. The van der Waals surface area contributed by atoms with Gasteiger partial charge in [-0.3, -0.25) is 9.69 Å². The van der Waals surface area contributed by atoms with Crippen LogP contribution < -0.4 is 5.56 Å². The largest absolute Gasteiger partial charge is 0.461 e. The summed E-state index contributed by atoms with van der Waals surface area (Å²) in [5.74, 6) is 1.04. The highest BCUT2D eigenvalue weighted by Crippen LogP contribution is 2.25. The molecule has 0 radical (unpaired) electrons. The quantitative estimate of drug-likeness (QED) is 0.567. The molecule has 7 heteroatoms. The van der Waals surface area contributed by atoms with E-state index in [9.17, 15) is 4.79 Å². The number of nitrogens with zero attached hydrogens (tertiary/aromatic N) is 2. The molecular formula is C20H17ClN4O2. The van der Waals surface area contributed by atoms with Crippen molar-refractivity contribution >= 4 is 22.5 Å². The fourth-order valence-electron chi connectivity index (χ4n) is 3.68. The topological polar surface area (TPSA) is 77.9 Å². The van der Waals surface area contributed by atoms with Gasteiger partial charge in [0.2, 0.25) is 0 Å². The van der Waals surface area contributed by atoms with Crippen molar-refractivity contribution in [3.8, 4) is 11.6 Å². The standard InChI is InChI=1S/C20H17ClN4O2/c21-13-3-4-16-15(8-13)12(9-22-16)10-25-6-5-14-17(11-25)23-19(24-20(14)26)18-2-1-7-27-18/h1-4,7-9,22H,5-6,10-11H2,(H,23,24,26). The van der Waals surface area contributed by atoms with Gasteiger partial charge in [-0.2, -0.15) is 0 Å². The normalized spacial score (nSPS) is 14.6. The lowest BCUT2D eigenvalue weighted by Gasteiger charge is -2.27. The van der Waals surface area contributed by atoms with Gasteiger partial charge in [-0.25, -0.2) is 4.98 Å². The van der Waals surface area contributed by atoms with E-state index in [-0.39, 0.29) is 5.56 Å². The molecule has 1 aliphatic rings. The van der Waals surface area contributed by atoms with Crippen molar-refractivity contribution in [2.24, 2.45) is 0 Å². The van der Waals surface area contributed by atoms with Crippen LogP contribution in [0.15, 0.2) is 52.0 Å². The van der Waals surface area contributed by atoms with Crippen molar-refractivity contribution in [3.05, 3.63) is 75.0 Å². The van der Waals surface area contributed by atoms with E-state index in [1.54, 1.807) is 18.4 Å². The summed E-state index contributed by atoms with van der Waals surface area (Å²) < 4.78 is 5.37. The summed E-state index contributed by atoms with van der Waals surface area (Å²) in [7, 11) is 0. The van der Waals surface area contributed by atoms with Gasteiger partial charge in [0.1, 0.15) is 0 Å². The van der Waals surface area contributed by atoms with Crippen molar-refractivity contribution in [2.75, 3.05) is 6.54 Å². The lowest BCUT2D eigenvalue weighted by molar-refractivity contribution is 0.241. The minimum absolute atomic E-state index is 0.0788. The summed E-state index contributed by atoms with van der Waals surface area (Å²) >= 11 is 6.16. The van der Waals surface area contributed by atoms with Gasteiger partial charge < -0.3 is 14.4 Å². The summed E-state index contributed by atoms with van der Waals surface area (Å²) in [5.41, 5.74) is 3.76. The molecule has 0 fully saturated rings. The highest BCUT2D eigenvalue weighted by molar-refractivity contribution is 6.31. The molecule has 0 bridgehead atoms. The Hall–Kier alpha value is -2.83. The van der Waals surface area contributed by atoms with Crippen molar-refractivity contribution in [1.29, 1.82) is 0 Å². The third kappa shape index (κ3) is 2.97. The molecular weight excluding hydrogens is 364 g/mol. The molecule has 3 aromatic heterocycles. The first-order chi connectivity index (χ1) is 13.2. The average molecular weight is 381 g/mol. The van der Waals surface area contributed by atoms with Gasteiger partial charge in [-0.15, -0.1) is 0 Å². The summed E-state index contributed by atoms with van der Waals surface area (Å²) in [5, 5.41) is 1.85. The Morgan fingerprint density at radius 3 is 3.07 bits per heavy atom. The first-order valence-corrected chi connectivity index (χ1v) is 9.19. The predicted octanol–water partition coefficient (Wildman–Crippen LogP) is 3.72. The lowest BCUT2D eigenvalue weighted by Crippen LogP contribution is -2.35. The van der Waals surface area contributed by atoms with Crippen LogP contribution in [-0.2, 0) is 19.5 Å². The molecule has 0 unspecified atom stereocenters. The fourth-order valence-corrected chi connectivity index (χ4v) is 3.85. The number of aromatic nitrogens is 3. The molecule has 0 atom stereocenters. The monoisotopic (exact) mass is 380 g/mol. The van der Waals surface area contributed by atoms with Gasteiger partial charge in [0, 0.05) is 47.3 Å². The number of furan rings is 1. The SMILES string of the molecule is O=c1[nH]c(-c2ccco2)nc2c1CCN(Cc1c[nH]c3ccc(Cl)cc13)C2. The molecule has 4 aromatic rings. The Morgan fingerprint density at radius 2 is 2.22 bits per heavy atom. The zero-order valence-electron chi connectivity index (χ0n) is 14.5. The van der Waals surface area contributed by atoms with E-state index in [1.165, 1.54) is 5.56 Å². The fraction of sp³-hybridized carbons (Fsp3) is 0.200. The minimum atomic E-state index is -0.0788. The molecule has 0 saturated heterocycles. The van der Waals surface area contributed by atoms with Gasteiger partial charge in [0.15, 0.2) is 11.6 Å². The van der Waals surface area contributed by atoms with Gasteiger partial charge in [-0.1, -0.05) is 11.6 Å². The van der Waals surface area contributed by atoms with Crippen molar-refractivity contribution in [3.63, 3.8) is 0 Å². The summed E-state index contributed by atoms with van der Waals surface area (Å²) in [4.78, 5) is 25.5. The molecule has 5 rings (SSSR count). The van der Waals surface area contributed by atoms with Crippen LogP contribution in [0.1, 0.15) is 16.8 Å². The molecule has 6 nitrogen and oxygen atoms in total. The van der Waals surface area contributed by atoms with E-state index >= 15 is 0 Å². The number of H-pyrrole nitrogens is 2. The van der Waals surface area contributed by atoms with Crippen molar-refractivity contribution in [2.45, 2.75) is 19.5 Å². The molecule has 27 heavy (non-hydrogen) atoms. The second kappa shape index (κ2) is 6.40. The van der Waals surface area contributed by atoms with Crippen LogP contribution in [-0.4, -0.2) is 26.4 Å². The lowest BCUT2D eigenvalue weighted by atomic mass is 10.1.